The molecule has 2 aromatic rings. The molecule has 0 aliphatic heterocycles. The number of hydrogen-bond donors (Lipinski definition) is 1. The normalized spacial score (nSPS) is 11.4. The van der Waals surface area contributed by atoms with E-state index in [2.05, 4.69) is 22.7 Å². The molecular weight excluding hydrogens is 317 g/mol. The fourth-order valence-corrected chi connectivity index (χ4v) is 1.80. The predicted molar refractivity (Wildman–Crippen MR) is 69.1 cm³/mol. The van der Waals surface area contributed by atoms with Crippen molar-refractivity contribution in [3.8, 4) is 11.6 Å². The largest absolute Gasteiger partial charge is 0.573 e. The van der Waals surface area contributed by atoms with Gasteiger partial charge in [-0.15, -0.1) is 18.3 Å². The van der Waals surface area contributed by atoms with E-state index in [1.165, 1.54) is 28.5 Å². The highest BCUT2D eigenvalue weighted by Crippen LogP contribution is 2.31. The van der Waals surface area contributed by atoms with Crippen LogP contribution in [0.1, 0.15) is 5.56 Å². The molecule has 0 aliphatic rings. The molecule has 0 spiro atoms. The summed E-state index contributed by atoms with van der Waals surface area (Å²) >= 11 is 9.77. The van der Waals surface area contributed by atoms with E-state index in [-0.39, 0.29) is 23.1 Å². The maximum atomic E-state index is 12.3. The summed E-state index contributed by atoms with van der Waals surface area (Å²) in [5.74, 6) is -0.201. The van der Waals surface area contributed by atoms with Gasteiger partial charge in [0.25, 0.3) is 0 Å². The Kier molecular flexibility index (Phi) is 4.34. The average Bonchev–Trinajstić information content (AvgIpc) is 2.72. The highest BCUT2D eigenvalue weighted by molar-refractivity contribution is 7.78. The topological polar surface area (TPSA) is 36.3 Å². The van der Waals surface area contributed by atoms with Crippen LogP contribution in [0.25, 0.3) is 0 Å². The Bertz CT molecular complexity index is 604. The predicted octanol–water partition coefficient (Wildman–Crippen LogP) is 3.71. The number of thiol groups is 1. The molecule has 2 rings (SSSR count). The van der Waals surface area contributed by atoms with Gasteiger partial charge < -0.3 is 9.47 Å². The number of alkyl halides is 3. The summed E-state index contributed by atoms with van der Waals surface area (Å²) in [6.45, 7) is -0.212. The van der Waals surface area contributed by atoms with Gasteiger partial charge in [0.1, 0.15) is 12.4 Å². The first-order valence-corrected chi connectivity index (χ1v) is 6.04. The molecule has 0 unspecified atom stereocenters. The van der Waals surface area contributed by atoms with Crippen LogP contribution in [0.15, 0.2) is 30.5 Å². The SMILES string of the molecule is FC(F)(F)Oc1cccc(Cl)c1COc1ccn(S)n1. The van der Waals surface area contributed by atoms with Crippen LogP contribution in [-0.4, -0.2) is 15.5 Å². The van der Waals surface area contributed by atoms with Crippen LogP contribution in [0.2, 0.25) is 5.02 Å². The number of hydrogen-bond acceptors (Lipinski definition) is 4. The lowest BCUT2D eigenvalue weighted by Crippen LogP contribution is -2.18. The van der Waals surface area contributed by atoms with Gasteiger partial charge in [-0.25, -0.2) is 4.09 Å². The maximum Gasteiger partial charge on any atom is 0.573 e. The van der Waals surface area contributed by atoms with Gasteiger partial charge in [-0.05, 0) is 24.9 Å². The molecule has 9 heteroatoms. The van der Waals surface area contributed by atoms with Gasteiger partial charge in [0.05, 0.1) is 10.6 Å². The molecule has 20 heavy (non-hydrogen) atoms. The maximum absolute atomic E-state index is 12.3. The molecule has 108 valence electrons. The first kappa shape index (κ1) is 14.9. The molecule has 0 radical (unpaired) electrons. The highest BCUT2D eigenvalue weighted by atomic mass is 35.5. The quantitative estimate of drug-likeness (QED) is 0.871. The van der Waals surface area contributed by atoms with Crippen molar-refractivity contribution in [2.45, 2.75) is 13.0 Å². The number of halogens is 4. The summed E-state index contributed by atoms with van der Waals surface area (Å²) in [4.78, 5) is 0. The second-order valence-corrected chi connectivity index (χ2v) is 4.44. The number of benzene rings is 1. The first-order valence-electron chi connectivity index (χ1n) is 5.26. The van der Waals surface area contributed by atoms with Gasteiger partial charge in [-0.1, -0.05) is 17.7 Å². The van der Waals surface area contributed by atoms with Gasteiger partial charge >= 0.3 is 6.36 Å². The van der Waals surface area contributed by atoms with Crippen LogP contribution in [0.4, 0.5) is 13.2 Å². The zero-order valence-electron chi connectivity index (χ0n) is 9.76. The van der Waals surface area contributed by atoms with E-state index in [1.54, 1.807) is 0 Å². The van der Waals surface area contributed by atoms with E-state index in [0.717, 1.165) is 6.07 Å². The van der Waals surface area contributed by atoms with E-state index in [4.69, 9.17) is 16.3 Å². The highest BCUT2D eigenvalue weighted by Gasteiger charge is 2.32. The van der Waals surface area contributed by atoms with Gasteiger partial charge in [-0.3, -0.25) is 0 Å². The molecule has 0 saturated heterocycles. The Balaban J connectivity index is 2.17. The van der Waals surface area contributed by atoms with E-state index in [0.29, 0.717) is 0 Å². The van der Waals surface area contributed by atoms with Gasteiger partial charge in [0, 0.05) is 12.3 Å². The van der Waals surface area contributed by atoms with Gasteiger partial charge in [-0.2, -0.15) is 0 Å². The standard InChI is InChI=1S/C11H8ClF3N2O2S/c12-8-2-1-3-9(19-11(13,14)15)7(8)6-18-10-4-5-17(20)16-10/h1-5,20H,6H2. The molecule has 0 amide bonds. The summed E-state index contributed by atoms with van der Waals surface area (Å²) in [5, 5.41) is 3.92. The number of nitrogens with zero attached hydrogens (tertiary/aromatic N) is 2. The lowest BCUT2D eigenvalue weighted by molar-refractivity contribution is -0.275. The van der Waals surface area contributed by atoms with Crippen LogP contribution in [0.3, 0.4) is 0 Å². The molecule has 0 N–H and O–H groups in total. The molecule has 0 aliphatic carbocycles. The number of ether oxygens (including phenoxy) is 2. The number of aromatic nitrogens is 2. The minimum absolute atomic E-state index is 0.0835. The van der Waals surface area contributed by atoms with Crippen molar-refractivity contribution in [2.24, 2.45) is 0 Å². The van der Waals surface area contributed by atoms with Crippen LogP contribution in [0, 0.1) is 0 Å². The molecule has 1 heterocycles. The van der Waals surface area contributed by atoms with E-state index in [9.17, 15) is 13.2 Å². The third-order valence-electron chi connectivity index (χ3n) is 2.22. The van der Waals surface area contributed by atoms with Crippen LogP contribution in [0.5, 0.6) is 11.6 Å². The monoisotopic (exact) mass is 324 g/mol. The zero-order valence-corrected chi connectivity index (χ0v) is 11.4. The second-order valence-electron chi connectivity index (χ2n) is 3.63. The first-order chi connectivity index (χ1) is 9.35. The van der Waals surface area contributed by atoms with E-state index < -0.39 is 12.1 Å². The summed E-state index contributed by atoms with van der Waals surface area (Å²) < 4.78 is 47.2. The lowest BCUT2D eigenvalue weighted by Gasteiger charge is -2.14. The van der Waals surface area contributed by atoms with Crippen molar-refractivity contribution < 1.29 is 22.6 Å². The average molecular weight is 325 g/mol. The Labute approximate surface area is 122 Å². The minimum atomic E-state index is -4.80. The summed E-state index contributed by atoms with van der Waals surface area (Å²) in [6, 6.07) is 5.47. The minimum Gasteiger partial charge on any atom is -0.472 e. The van der Waals surface area contributed by atoms with Gasteiger partial charge in [0.2, 0.25) is 5.88 Å². The van der Waals surface area contributed by atoms with E-state index >= 15 is 0 Å². The smallest absolute Gasteiger partial charge is 0.472 e. The van der Waals surface area contributed by atoms with Crippen molar-refractivity contribution >= 4 is 24.4 Å². The summed E-state index contributed by atoms with van der Waals surface area (Å²) in [6.07, 6.45) is -3.29. The van der Waals surface area contributed by atoms with Crippen LogP contribution < -0.4 is 9.47 Å². The van der Waals surface area contributed by atoms with Crippen molar-refractivity contribution in [1.29, 1.82) is 0 Å². The molecule has 4 nitrogen and oxygen atoms in total. The van der Waals surface area contributed by atoms with Gasteiger partial charge in [0.15, 0.2) is 0 Å². The molecule has 1 aromatic heterocycles. The molecule has 0 fully saturated rings. The molecule has 0 bridgehead atoms. The van der Waals surface area contributed by atoms with Crippen molar-refractivity contribution in [2.75, 3.05) is 0 Å². The van der Waals surface area contributed by atoms with Crippen molar-refractivity contribution in [3.05, 3.63) is 41.0 Å². The van der Waals surface area contributed by atoms with Crippen LogP contribution in [-0.2, 0) is 6.61 Å². The zero-order chi connectivity index (χ0) is 14.8. The Morgan fingerprint density at radius 2 is 2.05 bits per heavy atom. The molecule has 1 aromatic carbocycles. The van der Waals surface area contributed by atoms with Crippen molar-refractivity contribution in [3.63, 3.8) is 0 Å². The Morgan fingerprint density at radius 1 is 1.30 bits per heavy atom. The van der Waals surface area contributed by atoms with Crippen LogP contribution >= 0.6 is 24.4 Å². The number of rotatable bonds is 4. The Morgan fingerprint density at radius 3 is 2.65 bits per heavy atom. The summed E-state index contributed by atoms with van der Waals surface area (Å²) in [7, 11) is 0. The van der Waals surface area contributed by atoms with Crippen molar-refractivity contribution in [1.82, 2.24) is 9.19 Å². The molecular formula is C11H8ClF3N2O2S. The fraction of sp³-hybridized carbons (Fsp3) is 0.182. The molecule has 0 saturated carbocycles. The second kappa shape index (κ2) is 5.84. The third kappa shape index (κ3) is 3.97. The fourth-order valence-electron chi connectivity index (χ4n) is 1.42. The summed E-state index contributed by atoms with van der Waals surface area (Å²) in [5.41, 5.74) is 0.0835. The molecule has 0 atom stereocenters. The Hall–Kier alpha value is -1.54. The lowest BCUT2D eigenvalue weighted by atomic mass is 10.2. The third-order valence-corrected chi connectivity index (χ3v) is 2.79. The van der Waals surface area contributed by atoms with E-state index in [1.807, 2.05) is 0 Å².